The van der Waals surface area contributed by atoms with Gasteiger partial charge in [-0.15, -0.1) is 10.2 Å². The van der Waals surface area contributed by atoms with Crippen molar-refractivity contribution in [1.29, 1.82) is 0 Å². The smallest absolute Gasteiger partial charge is 0.323 e. The second-order valence-corrected chi connectivity index (χ2v) is 7.93. The van der Waals surface area contributed by atoms with Gasteiger partial charge >= 0.3 is 5.97 Å². The minimum absolute atomic E-state index is 0.0759. The zero-order chi connectivity index (χ0) is 19.7. The van der Waals surface area contributed by atoms with Gasteiger partial charge in [0, 0.05) is 18.0 Å². The Balaban J connectivity index is 1.61. The number of benzene rings is 1. The summed E-state index contributed by atoms with van der Waals surface area (Å²) in [5, 5.41) is 18.9. The highest BCUT2D eigenvalue weighted by Gasteiger charge is 2.23. The minimum atomic E-state index is -0.954. The lowest BCUT2D eigenvalue weighted by atomic mass is 10.0. The van der Waals surface area contributed by atoms with Crippen molar-refractivity contribution in [1.82, 2.24) is 24.6 Å². The molecule has 146 valence electrons. The monoisotopic (exact) mass is 399 g/mol. The molecule has 1 amide bonds. The van der Waals surface area contributed by atoms with Crippen LogP contribution in [-0.4, -0.2) is 60.0 Å². The number of carbonyl (C=O) groups excluding carboxylic acids is 1. The lowest BCUT2D eigenvalue weighted by Gasteiger charge is -2.33. The Labute approximate surface area is 165 Å². The number of nitrogens with zero attached hydrogens (tertiary/aromatic N) is 5. The van der Waals surface area contributed by atoms with E-state index >= 15 is 0 Å². The Bertz CT molecular complexity index is 1050. The van der Waals surface area contributed by atoms with Crippen molar-refractivity contribution in [2.24, 2.45) is 0 Å². The molecule has 1 aliphatic rings. The van der Waals surface area contributed by atoms with Crippen molar-refractivity contribution in [2.45, 2.75) is 43.9 Å². The first-order chi connectivity index (χ1) is 13.5. The van der Waals surface area contributed by atoms with Gasteiger partial charge in [0.05, 0.1) is 11.3 Å². The largest absolute Gasteiger partial charge is 0.480 e. The lowest BCUT2D eigenvalue weighted by Crippen LogP contribution is -2.42. The van der Waals surface area contributed by atoms with Crippen LogP contribution in [0.2, 0.25) is 0 Å². The maximum atomic E-state index is 12.5. The summed E-state index contributed by atoms with van der Waals surface area (Å²) in [6.45, 7) is 2.67. The van der Waals surface area contributed by atoms with E-state index in [-0.39, 0.29) is 24.2 Å². The van der Waals surface area contributed by atoms with Gasteiger partial charge in [0.15, 0.2) is 5.65 Å². The molecule has 0 aliphatic carbocycles. The number of hydrogen-bond acceptors (Lipinski definition) is 6. The van der Waals surface area contributed by atoms with Crippen LogP contribution in [0.5, 0.6) is 0 Å². The maximum absolute atomic E-state index is 12.5. The van der Waals surface area contributed by atoms with E-state index in [1.807, 2.05) is 29.2 Å². The van der Waals surface area contributed by atoms with Crippen LogP contribution < -0.4 is 0 Å². The van der Waals surface area contributed by atoms with E-state index in [4.69, 9.17) is 0 Å². The van der Waals surface area contributed by atoms with Gasteiger partial charge in [0.25, 0.3) is 0 Å². The van der Waals surface area contributed by atoms with E-state index in [1.54, 1.807) is 4.57 Å². The van der Waals surface area contributed by atoms with Gasteiger partial charge in [-0.2, -0.15) is 0 Å². The SMILES string of the molecule is C[C@@H]1CCCCN1C(=O)CSc1nnc2c3ccccc3n(CC(=O)O)c2n1. The van der Waals surface area contributed by atoms with E-state index in [1.165, 1.54) is 11.8 Å². The first kappa shape index (κ1) is 18.7. The first-order valence-corrected chi connectivity index (χ1v) is 10.3. The molecule has 1 aliphatic heterocycles. The topological polar surface area (TPSA) is 101 Å². The van der Waals surface area contributed by atoms with Crippen molar-refractivity contribution in [3.8, 4) is 0 Å². The molecular formula is C19H21N5O3S. The van der Waals surface area contributed by atoms with Gasteiger partial charge in [0.1, 0.15) is 12.1 Å². The zero-order valence-corrected chi connectivity index (χ0v) is 16.4. The second-order valence-electron chi connectivity index (χ2n) is 6.98. The molecule has 1 fully saturated rings. The molecule has 9 heteroatoms. The van der Waals surface area contributed by atoms with Gasteiger partial charge in [-0.05, 0) is 32.3 Å². The third kappa shape index (κ3) is 3.54. The number of amides is 1. The molecule has 3 heterocycles. The van der Waals surface area contributed by atoms with E-state index < -0.39 is 5.97 Å². The molecule has 0 bridgehead atoms. The van der Waals surface area contributed by atoms with Gasteiger partial charge in [0.2, 0.25) is 11.1 Å². The molecule has 1 N–H and O–H groups in total. The molecular weight excluding hydrogens is 378 g/mol. The van der Waals surface area contributed by atoms with Gasteiger partial charge in [-0.3, -0.25) is 9.59 Å². The third-order valence-electron chi connectivity index (χ3n) is 5.10. The molecule has 2 aromatic heterocycles. The normalized spacial score (nSPS) is 17.3. The number of rotatable bonds is 5. The average Bonchev–Trinajstić information content (AvgIpc) is 2.99. The summed E-state index contributed by atoms with van der Waals surface area (Å²) in [4.78, 5) is 30.3. The summed E-state index contributed by atoms with van der Waals surface area (Å²) < 4.78 is 1.63. The van der Waals surface area contributed by atoms with Crippen molar-refractivity contribution in [3.05, 3.63) is 24.3 Å². The number of piperidine rings is 1. The highest BCUT2D eigenvalue weighted by atomic mass is 32.2. The third-order valence-corrected chi connectivity index (χ3v) is 5.92. The number of carboxylic acid groups (broad SMARTS) is 1. The van der Waals surface area contributed by atoms with Crippen molar-refractivity contribution >= 4 is 45.7 Å². The van der Waals surface area contributed by atoms with Gasteiger partial charge in [-0.25, -0.2) is 4.98 Å². The zero-order valence-electron chi connectivity index (χ0n) is 15.5. The molecule has 8 nitrogen and oxygen atoms in total. The number of carbonyl (C=O) groups is 2. The van der Waals surface area contributed by atoms with Gasteiger partial charge < -0.3 is 14.6 Å². The van der Waals surface area contributed by atoms with Crippen LogP contribution in [0.3, 0.4) is 0 Å². The van der Waals surface area contributed by atoms with Gasteiger partial charge in [-0.1, -0.05) is 30.0 Å². The minimum Gasteiger partial charge on any atom is -0.480 e. The number of aliphatic carboxylic acids is 1. The summed E-state index contributed by atoms with van der Waals surface area (Å²) in [5.74, 6) is -0.631. The highest BCUT2D eigenvalue weighted by molar-refractivity contribution is 7.99. The summed E-state index contributed by atoms with van der Waals surface area (Å²) >= 11 is 1.24. The number of aromatic nitrogens is 4. The van der Waals surface area contributed by atoms with E-state index in [2.05, 4.69) is 22.1 Å². The fourth-order valence-corrected chi connectivity index (χ4v) is 4.39. The van der Waals surface area contributed by atoms with E-state index in [0.717, 1.165) is 36.7 Å². The van der Waals surface area contributed by atoms with Crippen LogP contribution in [0.4, 0.5) is 0 Å². The summed E-state index contributed by atoms with van der Waals surface area (Å²) in [6, 6.07) is 7.70. The maximum Gasteiger partial charge on any atom is 0.323 e. The van der Waals surface area contributed by atoms with E-state index in [9.17, 15) is 14.7 Å². The predicted molar refractivity (Wildman–Crippen MR) is 106 cm³/mol. The number of thioether (sulfide) groups is 1. The molecule has 28 heavy (non-hydrogen) atoms. The molecule has 1 aromatic carbocycles. The van der Waals surface area contributed by atoms with Crippen molar-refractivity contribution in [3.63, 3.8) is 0 Å². The van der Waals surface area contributed by atoms with Crippen LogP contribution in [0.15, 0.2) is 29.4 Å². The standard InChI is InChI=1S/C19H21N5O3S/c1-12-6-4-5-9-23(12)15(25)11-28-19-20-18-17(21-22-19)13-7-2-3-8-14(13)24(18)10-16(26)27/h2-3,7-8,12H,4-6,9-11H2,1H3,(H,26,27)/t12-/m1/s1. The van der Waals surface area contributed by atoms with Crippen molar-refractivity contribution in [2.75, 3.05) is 12.3 Å². The van der Waals surface area contributed by atoms with Crippen LogP contribution in [0.1, 0.15) is 26.2 Å². The Hall–Kier alpha value is -2.68. The Morgan fingerprint density at radius 2 is 2.07 bits per heavy atom. The van der Waals surface area contributed by atoms with Crippen LogP contribution in [0.25, 0.3) is 22.1 Å². The molecule has 3 aromatic rings. The number of fused-ring (bicyclic) bond motifs is 3. The Kier molecular flexibility index (Phi) is 5.17. The fourth-order valence-electron chi connectivity index (χ4n) is 3.72. The van der Waals surface area contributed by atoms with Crippen LogP contribution in [0, 0.1) is 0 Å². The Morgan fingerprint density at radius 3 is 2.86 bits per heavy atom. The summed E-state index contributed by atoms with van der Waals surface area (Å²) in [6.07, 6.45) is 3.24. The van der Waals surface area contributed by atoms with Crippen LogP contribution in [-0.2, 0) is 16.1 Å². The lowest BCUT2D eigenvalue weighted by molar-refractivity contribution is -0.137. The molecule has 0 saturated carbocycles. The number of carboxylic acids is 1. The van der Waals surface area contributed by atoms with E-state index in [0.29, 0.717) is 16.3 Å². The average molecular weight is 399 g/mol. The second kappa shape index (κ2) is 7.75. The molecule has 0 radical (unpaired) electrons. The van der Waals surface area contributed by atoms with Crippen LogP contribution >= 0.6 is 11.8 Å². The molecule has 1 saturated heterocycles. The fraction of sp³-hybridized carbons (Fsp3) is 0.421. The molecule has 0 unspecified atom stereocenters. The summed E-state index contributed by atoms with van der Waals surface area (Å²) in [7, 11) is 0. The predicted octanol–water partition coefficient (Wildman–Crippen LogP) is 2.56. The number of likely N-dealkylation sites (tertiary alicyclic amines) is 1. The highest BCUT2D eigenvalue weighted by Crippen LogP contribution is 2.27. The first-order valence-electron chi connectivity index (χ1n) is 9.30. The molecule has 1 atom stereocenters. The Morgan fingerprint density at radius 1 is 1.25 bits per heavy atom. The molecule has 4 rings (SSSR count). The van der Waals surface area contributed by atoms with Crippen molar-refractivity contribution < 1.29 is 14.7 Å². The number of hydrogen-bond donors (Lipinski definition) is 1. The summed E-state index contributed by atoms with van der Waals surface area (Å²) in [5.41, 5.74) is 1.79. The number of para-hydroxylation sites is 1. The molecule has 0 spiro atoms. The quantitative estimate of drug-likeness (QED) is 0.658.